The zero-order valence-corrected chi connectivity index (χ0v) is 13.4. The van der Waals surface area contributed by atoms with Crippen LogP contribution in [0.25, 0.3) is 10.9 Å². The van der Waals surface area contributed by atoms with Gasteiger partial charge >= 0.3 is 0 Å². The number of phenols is 1. The Bertz CT molecular complexity index is 862. The molecule has 0 atom stereocenters. The van der Waals surface area contributed by atoms with Gasteiger partial charge in [-0.25, -0.2) is 0 Å². The zero-order valence-electron chi connectivity index (χ0n) is 11.8. The van der Waals surface area contributed by atoms with Gasteiger partial charge in [0.1, 0.15) is 0 Å². The Morgan fingerprint density at radius 2 is 2.09 bits per heavy atom. The third-order valence-corrected chi connectivity index (χ3v) is 3.94. The zero-order chi connectivity index (χ0) is 15.5. The number of methoxy groups -OCH3 is 1. The highest BCUT2D eigenvalue weighted by atomic mass is 79.9. The van der Waals surface area contributed by atoms with Gasteiger partial charge in [-0.15, -0.1) is 0 Å². The monoisotopic (exact) mass is 356 g/mol. The van der Waals surface area contributed by atoms with Crippen molar-refractivity contribution >= 4 is 38.7 Å². The Kier molecular flexibility index (Phi) is 4.06. The highest BCUT2D eigenvalue weighted by Crippen LogP contribution is 2.30. The van der Waals surface area contributed by atoms with E-state index >= 15 is 0 Å². The molecular formula is C17H13BrN2O2. The van der Waals surface area contributed by atoms with Crippen molar-refractivity contribution in [2.45, 2.75) is 0 Å². The summed E-state index contributed by atoms with van der Waals surface area (Å²) in [6.45, 7) is 0. The first-order chi connectivity index (χ1) is 10.7. The van der Waals surface area contributed by atoms with E-state index < -0.39 is 0 Å². The molecule has 0 aliphatic heterocycles. The number of fused-ring (bicyclic) bond motifs is 1. The number of nitrogens with zero attached hydrogens (tertiary/aromatic N) is 2. The van der Waals surface area contributed by atoms with E-state index in [9.17, 15) is 5.11 Å². The number of rotatable bonds is 3. The molecule has 0 saturated heterocycles. The summed E-state index contributed by atoms with van der Waals surface area (Å²) in [5, 5.41) is 10.6. The Hall–Kier alpha value is -2.40. The topological polar surface area (TPSA) is 54.7 Å². The van der Waals surface area contributed by atoms with E-state index in [-0.39, 0.29) is 5.75 Å². The van der Waals surface area contributed by atoms with Crippen molar-refractivity contribution in [1.82, 2.24) is 4.98 Å². The van der Waals surface area contributed by atoms with Crippen molar-refractivity contribution in [2.75, 3.05) is 7.11 Å². The van der Waals surface area contributed by atoms with E-state index in [1.54, 1.807) is 30.6 Å². The number of hydrogen-bond donors (Lipinski definition) is 1. The fraction of sp³-hybridized carbons (Fsp3) is 0.0588. The van der Waals surface area contributed by atoms with Crippen LogP contribution in [-0.2, 0) is 0 Å². The van der Waals surface area contributed by atoms with Gasteiger partial charge in [0.05, 0.1) is 18.3 Å². The molecule has 0 aliphatic rings. The summed E-state index contributed by atoms with van der Waals surface area (Å²) in [7, 11) is 1.52. The number of pyridine rings is 1. The number of hydrogen-bond acceptors (Lipinski definition) is 4. The Balaban J connectivity index is 2.01. The predicted molar refractivity (Wildman–Crippen MR) is 91.4 cm³/mol. The highest BCUT2D eigenvalue weighted by molar-refractivity contribution is 9.10. The summed E-state index contributed by atoms with van der Waals surface area (Å²) < 4.78 is 6.08. The van der Waals surface area contributed by atoms with Crippen LogP contribution in [-0.4, -0.2) is 23.4 Å². The molecule has 0 radical (unpaired) electrons. The van der Waals surface area contributed by atoms with Gasteiger partial charge in [0, 0.05) is 22.3 Å². The molecule has 2 aromatic carbocycles. The van der Waals surface area contributed by atoms with Crippen molar-refractivity contribution in [3.8, 4) is 11.5 Å². The Labute approximate surface area is 136 Å². The average molecular weight is 357 g/mol. The molecule has 0 amide bonds. The molecular weight excluding hydrogens is 344 g/mol. The van der Waals surface area contributed by atoms with Crippen LogP contribution in [0.1, 0.15) is 5.56 Å². The minimum atomic E-state index is 0.107. The lowest BCUT2D eigenvalue weighted by Gasteiger charge is -2.04. The lowest BCUT2D eigenvalue weighted by atomic mass is 10.2. The van der Waals surface area contributed by atoms with E-state index in [1.807, 2.05) is 24.3 Å². The Morgan fingerprint density at radius 3 is 2.91 bits per heavy atom. The van der Waals surface area contributed by atoms with Crippen LogP contribution in [0, 0.1) is 0 Å². The highest BCUT2D eigenvalue weighted by Gasteiger charge is 2.05. The smallest absolute Gasteiger partial charge is 0.161 e. The van der Waals surface area contributed by atoms with Gasteiger partial charge in [0.25, 0.3) is 0 Å². The van der Waals surface area contributed by atoms with E-state index in [0.717, 1.165) is 26.6 Å². The molecule has 4 nitrogen and oxygen atoms in total. The summed E-state index contributed by atoms with van der Waals surface area (Å²) in [6.07, 6.45) is 3.47. The molecule has 1 heterocycles. The van der Waals surface area contributed by atoms with Crippen LogP contribution >= 0.6 is 15.9 Å². The molecule has 22 heavy (non-hydrogen) atoms. The van der Waals surface area contributed by atoms with Crippen molar-refractivity contribution < 1.29 is 9.84 Å². The fourth-order valence-corrected chi connectivity index (χ4v) is 2.60. The maximum absolute atomic E-state index is 9.61. The largest absolute Gasteiger partial charge is 0.504 e. The maximum atomic E-state index is 9.61. The molecule has 0 bridgehead atoms. The van der Waals surface area contributed by atoms with E-state index in [0.29, 0.717) is 5.75 Å². The van der Waals surface area contributed by atoms with E-state index in [2.05, 4.69) is 25.9 Å². The molecule has 3 aromatic rings. The van der Waals surface area contributed by atoms with Crippen molar-refractivity contribution in [1.29, 1.82) is 0 Å². The first-order valence-electron chi connectivity index (χ1n) is 6.63. The summed E-state index contributed by atoms with van der Waals surface area (Å²) in [4.78, 5) is 8.90. The summed E-state index contributed by atoms with van der Waals surface area (Å²) in [5.41, 5.74) is 2.45. The molecule has 0 aliphatic carbocycles. The second kappa shape index (κ2) is 6.15. The van der Waals surface area contributed by atoms with Crippen LogP contribution < -0.4 is 4.74 Å². The van der Waals surface area contributed by atoms with Crippen LogP contribution in [0.5, 0.6) is 11.5 Å². The fourth-order valence-electron chi connectivity index (χ4n) is 2.15. The standard InChI is InChI=1S/C17H13BrN2O2/c1-22-16-9-11(4-7-15(16)21)10-20-14-6-5-13(18)12-3-2-8-19-17(12)14/h2-10,21H,1H3. The van der Waals surface area contributed by atoms with Gasteiger partial charge in [-0.05, 0) is 42.0 Å². The van der Waals surface area contributed by atoms with Gasteiger partial charge < -0.3 is 9.84 Å². The maximum Gasteiger partial charge on any atom is 0.161 e. The van der Waals surface area contributed by atoms with Crippen LogP contribution in [0.4, 0.5) is 5.69 Å². The summed E-state index contributed by atoms with van der Waals surface area (Å²) >= 11 is 3.52. The number of aliphatic imine (C=N–C) groups is 1. The number of halogens is 1. The van der Waals surface area contributed by atoms with Crippen LogP contribution in [0.15, 0.2) is 58.1 Å². The SMILES string of the molecule is COc1cc(C=Nc2ccc(Br)c3cccnc23)ccc1O. The van der Waals surface area contributed by atoms with E-state index in [4.69, 9.17) is 4.74 Å². The van der Waals surface area contributed by atoms with Crippen molar-refractivity contribution in [3.05, 3.63) is 58.7 Å². The lowest BCUT2D eigenvalue weighted by molar-refractivity contribution is 0.373. The van der Waals surface area contributed by atoms with Gasteiger partial charge in [-0.3, -0.25) is 9.98 Å². The number of ether oxygens (including phenoxy) is 1. The van der Waals surface area contributed by atoms with Crippen LogP contribution in [0.2, 0.25) is 0 Å². The molecule has 0 fully saturated rings. The lowest BCUT2D eigenvalue weighted by Crippen LogP contribution is -1.87. The van der Waals surface area contributed by atoms with Crippen molar-refractivity contribution in [3.63, 3.8) is 0 Å². The van der Waals surface area contributed by atoms with Crippen LogP contribution in [0.3, 0.4) is 0 Å². The third-order valence-electron chi connectivity index (χ3n) is 3.25. The first-order valence-corrected chi connectivity index (χ1v) is 7.42. The van der Waals surface area contributed by atoms with Crippen molar-refractivity contribution in [2.24, 2.45) is 4.99 Å². The molecule has 1 N–H and O–H groups in total. The molecule has 3 rings (SSSR count). The molecule has 0 saturated carbocycles. The van der Waals surface area contributed by atoms with Gasteiger partial charge in [0.2, 0.25) is 0 Å². The average Bonchev–Trinajstić information content (AvgIpc) is 2.56. The molecule has 1 aromatic heterocycles. The summed E-state index contributed by atoms with van der Waals surface area (Å²) in [5.74, 6) is 0.526. The minimum absolute atomic E-state index is 0.107. The Morgan fingerprint density at radius 1 is 1.23 bits per heavy atom. The number of phenolic OH excluding ortho intramolecular Hbond substituents is 1. The number of benzene rings is 2. The quantitative estimate of drug-likeness (QED) is 0.704. The molecule has 0 unspecified atom stereocenters. The number of aromatic hydroxyl groups is 1. The first kappa shape index (κ1) is 14.5. The van der Waals surface area contributed by atoms with Gasteiger partial charge in [-0.2, -0.15) is 0 Å². The normalized spacial score (nSPS) is 11.2. The van der Waals surface area contributed by atoms with E-state index in [1.165, 1.54) is 7.11 Å². The summed E-state index contributed by atoms with van der Waals surface area (Å²) in [6, 6.07) is 12.8. The number of aromatic nitrogens is 1. The molecule has 110 valence electrons. The second-order valence-electron chi connectivity index (χ2n) is 4.66. The third kappa shape index (κ3) is 2.80. The predicted octanol–water partition coefficient (Wildman–Crippen LogP) is 4.46. The van der Waals surface area contributed by atoms with Gasteiger partial charge in [0.15, 0.2) is 11.5 Å². The minimum Gasteiger partial charge on any atom is -0.504 e. The van der Waals surface area contributed by atoms with Gasteiger partial charge in [-0.1, -0.05) is 22.0 Å². The second-order valence-corrected chi connectivity index (χ2v) is 5.51. The molecule has 0 spiro atoms. The molecule has 5 heteroatoms.